The highest BCUT2D eigenvalue weighted by Gasteiger charge is 2.25. The van der Waals surface area contributed by atoms with Gasteiger partial charge in [0.2, 0.25) is 5.91 Å². The molecule has 0 fully saturated rings. The molecule has 1 aliphatic heterocycles. The molecule has 0 N–H and O–H groups in total. The quantitative estimate of drug-likeness (QED) is 0.530. The summed E-state index contributed by atoms with van der Waals surface area (Å²) >= 11 is 8.62. The summed E-state index contributed by atoms with van der Waals surface area (Å²) in [6, 6.07) is 10.4. The van der Waals surface area contributed by atoms with Gasteiger partial charge in [0.05, 0.1) is 11.8 Å². The van der Waals surface area contributed by atoms with E-state index in [2.05, 4.69) is 22.6 Å². The van der Waals surface area contributed by atoms with Gasteiger partial charge in [-0.15, -0.1) is 11.6 Å². The second-order valence-corrected chi connectivity index (χ2v) is 6.64. The van der Waals surface area contributed by atoms with Crippen LogP contribution in [0.4, 0.5) is 10.1 Å². The number of carbonyl (C=O) groups excluding carboxylic acids is 1. The highest BCUT2D eigenvalue weighted by atomic mass is 127. The van der Waals surface area contributed by atoms with Gasteiger partial charge in [0.1, 0.15) is 5.82 Å². The van der Waals surface area contributed by atoms with E-state index < -0.39 is 0 Å². The van der Waals surface area contributed by atoms with Crippen LogP contribution in [0.15, 0.2) is 36.4 Å². The molecule has 0 saturated heterocycles. The molecule has 1 aliphatic rings. The summed E-state index contributed by atoms with van der Waals surface area (Å²) in [4.78, 5) is 13.4. The molecular weight excluding hydrogens is 404 g/mol. The number of likely N-dealkylation sites (N-methyl/N-ethyl adjacent to an activating group) is 1. The van der Waals surface area contributed by atoms with Gasteiger partial charge in [0.25, 0.3) is 0 Å². The van der Waals surface area contributed by atoms with Crippen LogP contribution in [-0.4, -0.2) is 13.0 Å². The Bertz CT molecular complexity index is 734. The molecule has 1 atom stereocenters. The Morgan fingerprint density at radius 1 is 1.29 bits per heavy atom. The molecule has 2 aromatic carbocycles. The number of rotatable bonds is 2. The zero-order valence-electron chi connectivity index (χ0n) is 11.2. The Morgan fingerprint density at radius 3 is 2.76 bits per heavy atom. The Labute approximate surface area is 141 Å². The van der Waals surface area contributed by atoms with Crippen molar-refractivity contribution in [2.45, 2.75) is 11.8 Å². The average Bonchev–Trinajstić information content (AvgIpc) is 2.73. The minimum absolute atomic E-state index is 0.0876. The Hall–Kier alpha value is -1.14. The first kappa shape index (κ1) is 14.8. The van der Waals surface area contributed by atoms with Gasteiger partial charge in [-0.2, -0.15) is 0 Å². The summed E-state index contributed by atoms with van der Waals surface area (Å²) in [5, 5.41) is -0.358. The molecule has 1 unspecified atom stereocenters. The Kier molecular flexibility index (Phi) is 3.92. The van der Waals surface area contributed by atoms with E-state index in [1.807, 2.05) is 18.2 Å². The van der Waals surface area contributed by atoms with E-state index in [9.17, 15) is 9.18 Å². The van der Waals surface area contributed by atoms with Crippen molar-refractivity contribution in [3.63, 3.8) is 0 Å². The monoisotopic (exact) mass is 415 g/mol. The SMILES string of the molecule is CN1C(=O)Cc2cc(C(Cl)c3ccc(F)cc3I)ccc21. The van der Waals surface area contributed by atoms with Gasteiger partial charge in [0, 0.05) is 16.3 Å². The van der Waals surface area contributed by atoms with Crippen molar-refractivity contribution in [2.75, 3.05) is 11.9 Å². The number of halogens is 3. The van der Waals surface area contributed by atoms with Gasteiger partial charge in [0.15, 0.2) is 0 Å². The number of amides is 1. The zero-order valence-corrected chi connectivity index (χ0v) is 14.2. The van der Waals surface area contributed by atoms with E-state index >= 15 is 0 Å². The van der Waals surface area contributed by atoms with E-state index in [1.54, 1.807) is 18.0 Å². The molecule has 3 rings (SSSR count). The smallest absolute Gasteiger partial charge is 0.231 e. The van der Waals surface area contributed by atoms with Crippen molar-refractivity contribution in [2.24, 2.45) is 0 Å². The maximum Gasteiger partial charge on any atom is 0.231 e. The Balaban J connectivity index is 1.98. The number of anilines is 1. The normalized spacial score (nSPS) is 15.2. The molecule has 0 saturated carbocycles. The number of carbonyl (C=O) groups is 1. The van der Waals surface area contributed by atoms with Crippen LogP contribution in [0.1, 0.15) is 22.1 Å². The molecule has 0 aromatic heterocycles. The lowest BCUT2D eigenvalue weighted by molar-refractivity contribution is -0.117. The van der Waals surface area contributed by atoms with Gasteiger partial charge in [-0.1, -0.05) is 18.2 Å². The standard InChI is InChI=1S/C16H12ClFINO/c1-20-14-5-2-9(6-10(14)7-15(20)21)16(17)12-4-3-11(18)8-13(12)19/h2-6,8,16H,7H2,1H3. The predicted octanol–water partition coefficient (Wildman–Crippen LogP) is 4.28. The average molecular weight is 416 g/mol. The number of hydrogen-bond acceptors (Lipinski definition) is 1. The van der Waals surface area contributed by atoms with Crippen molar-refractivity contribution in [1.29, 1.82) is 0 Å². The molecule has 5 heteroatoms. The minimum atomic E-state index is -0.358. The van der Waals surface area contributed by atoms with Crippen LogP contribution in [-0.2, 0) is 11.2 Å². The molecule has 1 heterocycles. The summed E-state index contributed by atoms with van der Waals surface area (Å²) in [6.45, 7) is 0. The van der Waals surface area contributed by atoms with Gasteiger partial charge in [-0.3, -0.25) is 4.79 Å². The lowest BCUT2D eigenvalue weighted by atomic mass is 10.0. The van der Waals surface area contributed by atoms with Crippen molar-refractivity contribution >= 4 is 45.8 Å². The summed E-state index contributed by atoms with van der Waals surface area (Å²) in [7, 11) is 1.77. The van der Waals surface area contributed by atoms with Crippen molar-refractivity contribution in [3.05, 3.63) is 62.5 Å². The third-order valence-corrected chi connectivity index (χ3v) is 5.13. The summed E-state index contributed by atoms with van der Waals surface area (Å²) in [5.41, 5.74) is 3.71. The first-order valence-electron chi connectivity index (χ1n) is 6.46. The zero-order chi connectivity index (χ0) is 15.1. The molecular formula is C16H12ClFINO. The largest absolute Gasteiger partial charge is 0.315 e. The lowest BCUT2D eigenvalue weighted by Crippen LogP contribution is -2.20. The van der Waals surface area contributed by atoms with E-state index in [-0.39, 0.29) is 17.1 Å². The van der Waals surface area contributed by atoms with Crippen LogP contribution >= 0.6 is 34.2 Å². The first-order valence-corrected chi connectivity index (χ1v) is 7.97. The van der Waals surface area contributed by atoms with Gasteiger partial charge in [-0.25, -0.2) is 4.39 Å². The van der Waals surface area contributed by atoms with E-state index in [0.29, 0.717) is 6.42 Å². The van der Waals surface area contributed by atoms with Crippen molar-refractivity contribution < 1.29 is 9.18 Å². The molecule has 21 heavy (non-hydrogen) atoms. The van der Waals surface area contributed by atoms with Crippen LogP contribution in [0.3, 0.4) is 0 Å². The van der Waals surface area contributed by atoms with Crippen molar-refractivity contribution in [1.82, 2.24) is 0 Å². The maximum absolute atomic E-state index is 13.2. The first-order chi connectivity index (χ1) is 9.97. The van der Waals surface area contributed by atoms with Gasteiger partial charge < -0.3 is 4.90 Å². The van der Waals surface area contributed by atoms with Crippen LogP contribution in [0.2, 0.25) is 0 Å². The fourth-order valence-corrected chi connectivity index (χ4v) is 3.83. The van der Waals surface area contributed by atoms with Crippen LogP contribution in [0.5, 0.6) is 0 Å². The minimum Gasteiger partial charge on any atom is -0.315 e. The van der Waals surface area contributed by atoms with E-state index in [1.165, 1.54) is 12.1 Å². The second-order valence-electron chi connectivity index (χ2n) is 5.05. The maximum atomic E-state index is 13.2. The van der Waals surface area contributed by atoms with Crippen LogP contribution in [0.25, 0.3) is 0 Å². The number of nitrogens with zero attached hydrogens (tertiary/aromatic N) is 1. The van der Waals surface area contributed by atoms with Gasteiger partial charge >= 0.3 is 0 Å². The lowest BCUT2D eigenvalue weighted by Gasteiger charge is -2.15. The number of benzene rings is 2. The summed E-state index contributed by atoms with van der Waals surface area (Å²) in [5.74, 6) is -0.183. The molecule has 0 aliphatic carbocycles. The number of hydrogen-bond donors (Lipinski definition) is 0. The molecule has 0 spiro atoms. The molecule has 108 valence electrons. The summed E-state index contributed by atoms with van der Waals surface area (Å²) < 4.78 is 14.0. The highest BCUT2D eigenvalue weighted by molar-refractivity contribution is 14.1. The highest BCUT2D eigenvalue weighted by Crippen LogP contribution is 2.36. The molecule has 0 bridgehead atoms. The predicted molar refractivity (Wildman–Crippen MR) is 90.4 cm³/mol. The Morgan fingerprint density at radius 2 is 2.05 bits per heavy atom. The van der Waals surface area contributed by atoms with Gasteiger partial charge in [-0.05, 0) is 57.5 Å². The fraction of sp³-hybridized carbons (Fsp3) is 0.188. The molecule has 1 amide bonds. The number of fused-ring (bicyclic) bond motifs is 1. The van der Waals surface area contributed by atoms with Crippen LogP contribution in [0, 0.1) is 9.39 Å². The number of alkyl halides is 1. The topological polar surface area (TPSA) is 20.3 Å². The third kappa shape index (κ3) is 2.66. The molecule has 2 aromatic rings. The van der Waals surface area contributed by atoms with E-state index in [0.717, 1.165) is 25.9 Å². The van der Waals surface area contributed by atoms with Crippen molar-refractivity contribution in [3.8, 4) is 0 Å². The van der Waals surface area contributed by atoms with E-state index in [4.69, 9.17) is 11.6 Å². The molecule has 0 radical (unpaired) electrons. The fourth-order valence-electron chi connectivity index (χ4n) is 2.53. The second kappa shape index (κ2) is 5.57. The molecule has 2 nitrogen and oxygen atoms in total. The van der Waals surface area contributed by atoms with Crippen LogP contribution < -0.4 is 4.90 Å². The third-order valence-electron chi connectivity index (χ3n) is 3.71. The summed E-state index contributed by atoms with van der Waals surface area (Å²) in [6.07, 6.45) is 0.407.